The fraction of sp³-hybridized carbons (Fsp3) is 0.429. The highest BCUT2D eigenvalue weighted by atomic mass is 79.9. The Hall–Kier alpha value is -0.800. The largest absolute Gasteiger partial charge is 0.360 e. The van der Waals surface area contributed by atoms with Gasteiger partial charge >= 0.3 is 0 Å². The van der Waals surface area contributed by atoms with Gasteiger partial charge < -0.3 is 10.7 Å². The zero-order chi connectivity index (χ0) is 12.0. The smallest absolute Gasteiger partial charge is 0.0601 e. The van der Waals surface area contributed by atoms with Gasteiger partial charge in [-0.25, -0.2) is 0 Å². The van der Waals surface area contributed by atoms with Crippen molar-refractivity contribution in [1.82, 2.24) is 4.98 Å². The molecule has 2 unspecified atom stereocenters. The number of aryl methyl sites for hydroxylation is 1. The fourth-order valence-corrected chi connectivity index (χ4v) is 3.72. The maximum Gasteiger partial charge on any atom is 0.0601 e. The zero-order valence-corrected chi connectivity index (χ0v) is 11.5. The van der Waals surface area contributed by atoms with Gasteiger partial charge in [-0.15, -0.1) is 0 Å². The Morgan fingerprint density at radius 2 is 2.18 bits per heavy atom. The number of aromatic amines is 1. The van der Waals surface area contributed by atoms with Crippen LogP contribution in [0.1, 0.15) is 36.3 Å². The minimum Gasteiger partial charge on any atom is -0.360 e. The molecule has 0 aliphatic heterocycles. The van der Waals surface area contributed by atoms with E-state index in [9.17, 15) is 0 Å². The summed E-state index contributed by atoms with van der Waals surface area (Å²) in [6, 6.07) is 4.74. The first-order valence-corrected chi connectivity index (χ1v) is 6.99. The molecule has 0 bridgehead atoms. The molecule has 2 nitrogen and oxygen atoms in total. The van der Waals surface area contributed by atoms with Gasteiger partial charge in [-0.2, -0.15) is 0 Å². The Labute approximate surface area is 110 Å². The topological polar surface area (TPSA) is 41.8 Å². The molecule has 0 amide bonds. The highest BCUT2D eigenvalue weighted by Gasteiger charge is 2.27. The third-order valence-corrected chi connectivity index (χ3v) is 4.51. The Bertz CT molecular complexity index is 559. The Morgan fingerprint density at radius 3 is 2.88 bits per heavy atom. The van der Waals surface area contributed by atoms with Crippen LogP contribution >= 0.6 is 15.9 Å². The van der Waals surface area contributed by atoms with E-state index in [1.165, 1.54) is 34.9 Å². The molecular formula is C14H17BrN2. The third kappa shape index (κ3) is 1.81. The number of hydrogen-bond donors (Lipinski definition) is 2. The lowest BCUT2D eigenvalue weighted by Crippen LogP contribution is -2.22. The van der Waals surface area contributed by atoms with Crippen molar-refractivity contribution in [3.8, 4) is 0 Å². The van der Waals surface area contributed by atoms with E-state index in [1.54, 1.807) is 0 Å². The van der Waals surface area contributed by atoms with E-state index in [0.29, 0.717) is 12.0 Å². The van der Waals surface area contributed by atoms with E-state index in [2.05, 4.69) is 46.2 Å². The van der Waals surface area contributed by atoms with E-state index in [0.717, 1.165) is 10.9 Å². The highest BCUT2D eigenvalue weighted by Crippen LogP contribution is 2.38. The fourth-order valence-electron chi connectivity index (χ4n) is 3.03. The van der Waals surface area contributed by atoms with Gasteiger partial charge in [0.05, 0.1) is 5.52 Å². The first kappa shape index (κ1) is 11.3. The molecule has 2 aromatic rings. The maximum absolute atomic E-state index is 6.21. The van der Waals surface area contributed by atoms with Gasteiger partial charge in [0.15, 0.2) is 0 Å². The van der Waals surface area contributed by atoms with Crippen LogP contribution in [0.5, 0.6) is 0 Å². The number of rotatable bonds is 1. The lowest BCUT2D eigenvalue weighted by molar-refractivity contribution is 0.616. The number of benzene rings is 1. The molecule has 3 rings (SSSR count). The van der Waals surface area contributed by atoms with Crippen LogP contribution < -0.4 is 5.73 Å². The van der Waals surface area contributed by atoms with E-state index in [4.69, 9.17) is 5.73 Å². The van der Waals surface area contributed by atoms with Gasteiger partial charge in [0.1, 0.15) is 0 Å². The second-order valence-electron chi connectivity index (χ2n) is 5.11. The van der Waals surface area contributed by atoms with Gasteiger partial charge in [0.2, 0.25) is 0 Å². The minimum atomic E-state index is 0.327. The second kappa shape index (κ2) is 4.14. The molecule has 90 valence electrons. The summed E-state index contributed by atoms with van der Waals surface area (Å²) in [6.07, 6.45) is 5.78. The summed E-state index contributed by atoms with van der Waals surface area (Å²) >= 11 is 3.62. The summed E-state index contributed by atoms with van der Waals surface area (Å²) < 4.78 is 1.14. The summed E-state index contributed by atoms with van der Waals surface area (Å²) in [5.74, 6) is 0.525. The standard InChI is InChI=1S/C14H17BrN2/c1-8-5-10-11(9-3-2-4-13(9)16)7-17-14(10)12(15)6-8/h5-7,9,13,17H,2-4,16H2,1H3. The summed E-state index contributed by atoms with van der Waals surface area (Å²) in [7, 11) is 0. The summed E-state index contributed by atoms with van der Waals surface area (Å²) in [5, 5.41) is 1.33. The molecule has 0 saturated heterocycles. The van der Waals surface area contributed by atoms with E-state index < -0.39 is 0 Å². The van der Waals surface area contributed by atoms with Crippen molar-refractivity contribution in [3.63, 3.8) is 0 Å². The Kier molecular flexibility index (Phi) is 2.75. The van der Waals surface area contributed by atoms with Gasteiger partial charge in [-0.05, 0) is 59.0 Å². The van der Waals surface area contributed by atoms with Crippen LogP contribution in [0.3, 0.4) is 0 Å². The lowest BCUT2D eigenvalue weighted by atomic mass is 9.94. The van der Waals surface area contributed by atoms with Crippen molar-refractivity contribution in [2.75, 3.05) is 0 Å². The van der Waals surface area contributed by atoms with E-state index in [-0.39, 0.29) is 0 Å². The maximum atomic E-state index is 6.21. The first-order chi connectivity index (χ1) is 8.16. The number of fused-ring (bicyclic) bond motifs is 1. The first-order valence-electron chi connectivity index (χ1n) is 6.19. The monoisotopic (exact) mass is 292 g/mol. The van der Waals surface area contributed by atoms with E-state index >= 15 is 0 Å². The number of halogens is 1. The quantitative estimate of drug-likeness (QED) is 0.824. The summed E-state index contributed by atoms with van der Waals surface area (Å²) in [6.45, 7) is 2.13. The lowest BCUT2D eigenvalue weighted by Gasteiger charge is -2.14. The Balaban J connectivity index is 2.17. The molecule has 3 N–H and O–H groups in total. The second-order valence-corrected chi connectivity index (χ2v) is 5.97. The normalized spacial score (nSPS) is 24.6. The SMILES string of the molecule is Cc1cc(Br)c2[nH]cc(C3CCCC3N)c2c1. The third-order valence-electron chi connectivity index (χ3n) is 3.89. The molecule has 0 radical (unpaired) electrons. The minimum absolute atomic E-state index is 0.327. The van der Waals surface area contributed by atoms with Crippen LogP contribution in [0.15, 0.2) is 22.8 Å². The number of nitrogens with one attached hydrogen (secondary N) is 1. The molecule has 17 heavy (non-hydrogen) atoms. The molecule has 0 spiro atoms. The predicted molar refractivity (Wildman–Crippen MR) is 75.3 cm³/mol. The predicted octanol–water partition coefficient (Wildman–Crippen LogP) is 3.83. The molecule has 1 fully saturated rings. The van der Waals surface area contributed by atoms with Crippen molar-refractivity contribution in [1.29, 1.82) is 0 Å². The zero-order valence-electron chi connectivity index (χ0n) is 9.96. The van der Waals surface area contributed by atoms with Crippen LogP contribution in [0.4, 0.5) is 0 Å². The Morgan fingerprint density at radius 1 is 1.35 bits per heavy atom. The number of H-pyrrole nitrogens is 1. The van der Waals surface area contributed by atoms with Gasteiger partial charge in [0.25, 0.3) is 0 Å². The van der Waals surface area contributed by atoms with Crippen molar-refractivity contribution >= 4 is 26.8 Å². The number of aromatic nitrogens is 1. The molecule has 1 aliphatic rings. The van der Waals surface area contributed by atoms with E-state index in [1.807, 2.05) is 0 Å². The van der Waals surface area contributed by atoms with Crippen LogP contribution in [0.25, 0.3) is 10.9 Å². The van der Waals surface area contributed by atoms with Gasteiger partial charge in [0, 0.05) is 28.0 Å². The number of nitrogens with two attached hydrogens (primary N) is 1. The van der Waals surface area contributed by atoms with Gasteiger partial charge in [-0.3, -0.25) is 0 Å². The van der Waals surface area contributed by atoms with Crippen molar-refractivity contribution in [2.24, 2.45) is 5.73 Å². The summed E-state index contributed by atoms with van der Waals surface area (Å²) in [4.78, 5) is 3.38. The molecule has 1 aromatic carbocycles. The van der Waals surface area contributed by atoms with Gasteiger partial charge in [-0.1, -0.05) is 6.42 Å². The van der Waals surface area contributed by atoms with Crippen LogP contribution in [0.2, 0.25) is 0 Å². The molecule has 2 atom stereocenters. The van der Waals surface area contributed by atoms with Crippen LogP contribution in [-0.4, -0.2) is 11.0 Å². The molecule has 1 saturated carbocycles. The van der Waals surface area contributed by atoms with Crippen LogP contribution in [-0.2, 0) is 0 Å². The van der Waals surface area contributed by atoms with Crippen molar-refractivity contribution < 1.29 is 0 Å². The molecule has 3 heteroatoms. The average molecular weight is 293 g/mol. The number of hydrogen-bond acceptors (Lipinski definition) is 1. The van der Waals surface area contributed by atoms with Crippen molar-refractivity contribution in [2.45, 2.75) is 38.1 Å². The van der Waals surface area contributed by atoms with Crippen LogP contribution in [0, 0.1) is 6.92 Å². The molecule has 1 aliphatic carbocycles. The average Bonchev–Trinajstić information content (AvgIpc) is 2.84. The van der Waals surface area contributed by atoms with Crippen molar-refractivity contribution in [3.05, 3.63) is 33.9 Å². The molecular weight excluding hydrogens is 276 g/mol. The molecule has 1 heterocycles. The summed E-state index contributed by atoms with van der Waals surface area (Å²) in [5.41, 5.74) is 10.1. The highest BCUT2D eigenvalue weighted by molar-refractivity contribution is 9.10. The molecule has 1 aromatic heterocycles.